The maximum atomic E-state index is 3.77. The van der Waals surface area contributed by atoms with Crippen LogP contribution in [0.3, 0.4) is 0 Å². The van der Waals surface area contributed by atoms with E-state index in [1.165, 1.54) is 83.7 Å². The Labute approximate surface area is 113 Å². The van der Waals surface area contributed by atoms with E-state index in [0.717, 1.165) is 18.1 Å². The van der Waals surface area contributed by atoms with E-state index in [9.17, 15) is 0 Å². The van der Waals surface area contributed by atoms with Crippen molar-refractivity contribution in [2.45, 2.75) is 88.8 Å². The zero-order valence-electron chi connectivity index (χ0n) is 11.9. The van der Waals surface area contributed by atoms with E-state index in [4.69, 9.17) is 0 Å². The highest BCUT2D eigenvalue weighted by molar-refractivity contribution is 4.88. The van der Waals surface area contributed by atoms with Gasteiger partial charge in [-0.2, -0.15) is 0 Å². The molecule has 3 fully saturated rings. The number of likely N-dealkylation sites (tertiary alicyclic amines) is 1. The topological polar surface area (TPSA) is 15.3 Å². The second kappa shape index (κ2) is 6.38. The van der Waals surface area contributed by atoms with Gasteiger partial charge in [0.1, 0.15) is 0 Å². The summed E-state index contributed by atoms with van der Waals surface area (Å²) < 4.78 is 0. The Morgan fingerprint density at radius 1 is 0.778 bits per heavy atom. The van der Waals surface area contributed by atoms with Crippen LogP contribution in [0.4, 0.5) is 0 Å². The van der Waals surface area contributed by atoms with Gasteiger partial charge in [-0.15, -0.1) is 0 Å². The van der Waals surface area contributed by atoms with Crippen LogP contribution in [0, 0.1) is 0 Å². The number of piperidine rings is 1. The van der Waals surface area contributed by atoms with Gasteiger partial charge in [0.15, 0.2) is 0 Å². The summed E-state index contributed by atoms with van der Waals surface area (Å²) in [5, 5.41) is 3.77. The minimum atomic E-state index is 0.849. The van der Waals surface area contributed by atoms with Gasteiger partial charge in [-0.05, 0) is 45.1 Å². The third-order valence-corrected chi connectivity index (χ3v) is 5.19. The summed E-state index contributed by atoms with van der Waals surface area (Å²) in [4.78, 5) is 2.89. The van der Waals surface area contributed by atoms with Gasteiger partial charge in [0.2, 0.25) is 0 Å². The number of hydrogen-bond donors (Lipinski definition) is 1. The van der Waals surface area contributed by atoms with Gasteiger partial charge in [-0.1, -0.05) is 32.1 Å². The van der Waals surface area contributed by atoms with Crippen LogP contribution in [0.15, 0.2) is 0 Å². The molecule has 2 aliphatic carbocycles. The molecule has 0 spiro atoms. The minimum absolute atomic E-state index is 0.849. The lowest BCUT2D eigenvalue weighted by Gasteiger charge is -2.41. The molecule has 104 valence electrons. The summed E-state index contributed by atoms with van der Waals surface area (Å²) in [6, 6.07) is 2.64. The fraction of sp³-hybridized carbons (Fsp3) is 1.00. The second-order valence-corrected chi connectivity index (χ2v) is 6.72. The van der Waals surface area contributed by atoms with Crippen LogP contribution in [0.1, 0.15) is 70.6 Å². The fourth-order valence-corrected chi connectivity index (χ4v) is 3.90. The normalized spacial score (nSPS) is 32.3. The number of hydrogen-bond acceptors (Lipinski definition) is 2. The van der Waals surface area contributed by atoms with Crippen molar-refractivity contribution in [2.75, 3.05) is 13.1 Å². The van der Waals surface area contributed by atoms with E-state index in [-0.39, 0.29) is 0 Å². The molecule has 0 aromatic carbocycles. The van der Waals surface area contributed by atoms with Crippen molar-refractivity contribution in [1.29, 1.82) is 0 Å². The number of rotatable bonds is 4. The van der Waals surface area contributed by atoms with Crippen LogP contribution in [-0.4, -0.2) is 36.1 Å². The highest BCUT2D eigenvalue weighted by Crippen LogP contribution is 2.28. The van der Waals surface area contributed by atoms with Crippen LogP contribution in [0.2, 0.25) is 0 Å². The maximum Gasteiger partial charge on any atom is 0.0223 e. The second-order valence-electron chi connectivity index (χ2n) is 6.72. The molecule has 0 aromatic rings. The first-order valence-electron chi connectivity index (χ1n) is 8.42. The van der Waals surface area contributed by atoms with Gasteiger partial charge in [-0.3, -0.25) is 4.90 Å². The number of nitrogens with zero attached hydrogens (tertiary/aromatic N) is 1. The highest BCUT2D eigenvalue weighted by atomic mass is 15.2. The molecule has 3 rings (SSSR count). The van der Waals surface area contributed by atoms with Crippen molar-refractivity contribution < 1.29 is 0 Å². The summed E-state index contributed by atoms with van der Waals surface area (Å²) in [7, 11) is 0. The fourth-order valence-electron chi connectivity index (χ4n) is 3.90. The van der Waals surface area contributed by atoms with Gasteiger partial charge >= 0.3 is 0 Å². The van der Waals surface area contributed by atoms with Crippen LogP contribution < -0.4 is 5.32 Å². The molecular weight excluding hydrogens is 220 g/mol. The molecule has 1 N–H and O–H groups in total. The Hall–Kier alpha value is -0.0800. The summed E-state index contributed by atoms with van der Waals surface area (Å²) in [5.74, 6) is 0. The molecular formula is C16H30N2. The summed E-state index contributed by atoms with van der Waals surface area (Å²) in [5.41, 5.74) is 0. The molecule has 0 radical (unpaired) electrons. The predicted octanol–water partition coefficient (Wildman–Crippen LogP) is 3.32. The Kier molecular flexibility index (Phi) is 4.58. The van der Waals surface area contributed by atoms with Crippen LogP contribution in [-0.2, 0) is 0 Å². The predicted molar refractivity (Wildman–Crippen MR) is 76.9 cm³/mol. The smallest absolute Gasteiger partial charge is 0.0223 e. The zero-order valence-corrected chi connectivity index (χ0v) is 11.9. The molecule has 3 aliphatic rings. The Balaban J connectivity index is 1.54. The lowest BCUT2D eigenvalue weighted by molar-refractivity contribution is 0.0842. The van der Waals surface area contributed by atoms with Crippen molar-refractivity contribution in [1.82, 2.24) is 10.2 Å². The van der Waals surface area contributed by atoms with Crippen LogP contribution >= 0.6 is 0 Å². The minimum Gasteiger partial charge on any atom is -0.312 e. The van der Waals surface area contributed by atoms with Crippen molar-refractivity contribution >= 4 is 0 Å². The monoisotopic (exact) mass is 250 g/mol. The quantitative estimate of drug-likeness (QED) is 0.770. The zero-order chi connectivity index (χ0) is 12.2. The van der Waals surface area contributed by atoms with Crippen LogP contribution in [0.25, 0.3) is 0 Å². The molecule has 0 bridgehead atoms. The molecule has 2 nitrogen and oxygen atoms in total. The molecule has 1 atom stereocenters. The van der Waals surface area contributed by atoms with Crippen molar-refractivity contribution in [3.63, 3.8) is 0 Å². The molecule has 1 heterocycles. The maximum absolute atomic E-state index is 3.77. The third-order valence-electron chi connectivity index (χ3n) is 5.19. The molecule has 18 heavy (non-hydrogen) atoms. The van der Waals surface area contributed by atoms with Crippen molar-refractivity contribution in [3.8, 4) is 0 Å². The lowest BCUT2D eigenvalue weighted by Crippen LogP contribution is -2.50. The average Bonchev–Trinajstić information content (AvgIpc) is 3.24. The third kappa shape index (κ3) is 3.48. The largest absolute Gasteiger partial charge is 0.312 e. The average molecular weight is 250 g/mol. The van der Waals surface area contributed by atoms with E-state index in [1.807, 2.05) is 0 Å². The van der Waals surface area contributed by atoms with Gasteiger partial charge in [0, 0.05) is 24.7 Å². The first-order chi connectivity index (χ1) is 8.93. The summed E-state index contributed by atoms with van der Waals surface area (Å²) >= 11 is 0. The molecule has 0 aromatic heterocycles. The molecule has 1 aliphatic heterocycles. The van der Waals surface area contributed by atoms with E-state index < -0.39 is 0 Å². The highest BCUT2D eigenvalue weighted by Gasteiger charge is 2.30. The van der Waals surface area contributed by atoms with Gasteiger partial charge in [0.05, 0.1) is 0 Å². The first-order valence-corrected chi connectivity index (χ1v) is 8.42. The van der Waals surface area contributed by atoms with Crippen molar-refractivity contribution in [3.05, 3.63) is 0 Å². The standard InChI is InChI=1S/C16H30N2/c1-2-4-8-15(7-3-1)18-12-6-5-9-16(18)13-17-14-10-11-14/h14-17H,1-13H2. The molecule has 0 amide bonds. The molecule has 1 saturated heterocycles. The Morgan fingerprint density at radius 2 is 1.50 bits per heavy atom. The Bertz CT molecular complexity index is 241. The Morgan fingerprint density at radius 3 is 2.22 bits per heavy atom. The summed E-state index contributed by atoms with van der Waals surface area (Å²) in [6.45, 7) is 2.64. The molecule has 2 heteroatoms. The van der Waals surface area contributed by atoms with Crippen molar-refractivity contribution in [2.24, 2.45) is 0 Å². The summed E-state index contributed by atoms with van der Waals surface area (Å²) in [6.07, 6.45) is 16.1. The van der Waals surface area contributed by atoms with Gasteiger partial charge in [-0.25, -0.2) is 0 Å². The van der Waals surface area contributed by atoms with E-state index >= 15 is 0 Å². The lowest BCUT2D eigenvalue weighted by atomic mass is 9.96. The van der Waals surface area contributed by atoms with Gasteiger partial charge < -0.3 is 5.32 Å². The first kappa shape index (κ1) is 12.9. The molecule has 2 saturated carbocycles. The number of nitrogens with one attached hydrogen (secondary N) is 1. The molecule has 1 unspecified atom stereocenters. The SMILES string of the molecule is C1CCCC(N2CCCCC2CNC2CC2)CC1. The van der Waals surface area contributed by atoms with E-state index in [2.05, 4.69) is 10.2 Å². The van der Waals surface area contributed by atoms with Gasteiger partial charge in [0.25, 0.3) is 0 Å². The van der Waals surface area contributed by atoms with E-state index in [0.29, 0.717) is 0 Å². The van der Waals surface area contributed by atoms with Crippen LogP contribution in [0.5, 0.6) is 0 Å². The van der Waals surface area contributed by atoms with E-state index in [1.54, 1.807) is 0 Å².